The Hall–Kier alpha value is -2.69. The molecular weight excluding hydrogens is 230 g/mol. The highest BCUT2D eigenvalue weighted by atomic mass is 16.5. The van der Waals surface area contributed by atoms with Crippen molar-refractivity contribution in [3.8, 4) is 0 Å². The van der Waals surface area contributed by atoms with Gasteiger partial charge in [0, 0.05) is 18.6 Å². The number of nitrogens with zero attached hydrogens (tertiary/aromatic N) is 3. The lowest BCUT2D eigenvalue weighted by Gasteiger charge is -1.88. The largest absolute Gasteiger partial charge is 0.469 e. The van der Waals surface area contributed by atoms with E-state index in [9.17, 15) is 0 Å². The first-order chi connectivity index (χ1) is 9.00. The fourth-order valence-corrected chi connectivity index (χ4v) is 0.782. The van der Waals surface area contributed by atoms with Crippen LogP contribution >= 0.6 is 0 Å². The van der Waals surface area contributed by atoms with Crippen LogP contribution in [-0.2, 0) is 9.47 Å². The zero-order chi connectivity index (χ0) is 12.7. The maximum absolute atomic E-state index is 4.99. The SMILES string of the molecule is C1=NC=N\C=C/C=N\C=C/O/C=C\O/C=C\C=C/1. The van der Waals surface area contributed by atoms with Gasteiger partial charge in [-0.2, -0.15) is 0 Å². The molecule has 0 bridgehead atoms. The van der Waals surface area contributed by atoms with Gasteiger partial charge < -0.3 is 9.47 Å². The number of ether oxygens (including phenoxy) is 2. The third-order valence-corrected chi connectivity index (χ3v) is 1.47. The third kappa shape index (κ3) is 8.60. The maximum Gasteiger partial charge on any atom is 0.125 e. The summed E-state index contributed by atoms with van der Waals surface area (Å²) in [6.45, 7) is 0. The monoisotopic (exact) mass is 243 g/mol. The average Bonchev–Trinajstić information content (AvgIpc) is 2.39. The zero-order valence-corrected chi connectivity index (χ0v) is 9.66. The topological polar surface area (TPSA) is 55.5 Å². The lowest BCUT2D eigenvalue weighted by Crippen LogP contribution is -1.70. The summed E-state index contributed by atoms with van der Waals surface area (Å²) in [6.07, 6.45) is 20.3. The molecule has 0 saturated heterocycles. The summed E-state index contributed by atoms with van der Waals surface area (Å²) in [4.78, 5) is 11.7. The molecule has 92 valence electrons. The van der Waals surface area contributed by atoms with Crippen molar-refractivity contribution < 1.29 is 9.47 Å². The molecule has 0 atom stereocenters. The third-order valence-electron chi connectivity index (χ3n) is 1.47. The van der Waals surface area contributed by atoms with Gasteiger partial charge in [-0.25, -0.2) is 9.98 Å². The van der Waals surface area contributed by atoms with Crippen molar-refractivity contribution >= 4 is 18.8 Å². The Kier molecular flexibility index (Phi) is 8.04. The molecule has 1 aliphatic rings. The molecule has 5 heteroatoms. The second-order valence-electron chi connectivity index (χ2n) is 2.75. The van der Waals surface area contributed by atoms with E-state index in [1.54, 1.807) is 42.9 Å². The van der Waals surface area contributed by atoms with Crippen molar-refractivity contribution in [2.75, 3.05) is 0 Å². The number of aliphatic imine (C=N–C) groups is 3. The van der Waals surface area contributed by atoms with Crippen LogP contribution in [0, 0.1) is 0 Å². The van der Waals surface area contributed by atoms with E-state index >= 15 is 0 Å². The van der Waals surface area contributed by atoms with Crippen LogP contribution in [0.2, 0.25) is 0 Å². The van der Waals surface area contributed by atoms with Crippen LogP contribution < -0.4 is 0 Å². The van der Waals surface area contributed by atoms with Crippen LogP contribution in [0.4, 0.5) is 0 Å². The summed E-state index contributed by atoms with van der Waals surface area (Å²) < 4.78 is 9.94. The number of hydrogen-bond acceptors (Lipinski definition) is 5. The normalized spacial score (nSPS) is 26.7. The number of allylic oxidation sites excluding steroid dienone is 4. The Labute approximate surface area is 106 Å². The van der Waals surface area contributed by atoms with E-state index in [0.29, 0.717) is 0 Å². The molecule has 1 rings (SSSR count). The lowest BCUT2D eigenvalue weighted by atomic mass is 10.5. The van der Waals surface area contributed by atoms with Crippen molar-refractivity contribution in [3.05, 3.63) is 61.8 Å². The van der Waals surface area contributed by atoms with Gasteiger partial charge >= 0.3 is 0 Å². The predicted molar refractivity (Wildman–Crippen MR) is 73.3 cm³/mol. The van der Waals surface area contributed by atoms with Crippen LogP contribution in [0.25, 0.3) is 0 Å². The van der Waals surface area contributed by atoms with E-state index in [0.717, 1.165) is 0 Å². The summed E-state index contributed by atoms with van der Waals surface area (Å²) in [6, 6.07) is 0. The smallest absolute Gasteiger partial charge is 0.125 e. The lowest BCUT2D eigenvalue weighted by molar-refractivity contribution is 0.344. The standard InChI is InChI=1S/C13H13N3O2/c1-2-5-15-13-16-7-4-6-14-8-10-18-12-11-17-9-3-1/h1-13H/b2-1-,7-4-,9-3-,10-8-,12-11-,14-6-,15-5?,16-13?. The van der Waals surface area contributed by atoms with E-state index in [2.05, 4.69) is 15.0 Å². The molecule has 0 unspecified atom stereocenters. The molecule has 0 saturated carbocycles. The van der Waals surface area contributed by atoms with E-state index in [1.165, 1.54) is 37.6 Å². The highest BCUT2D eigenvalue weighted by Gasteiger charge is 1.71. The average molecular weight is 243 g/mol. The molecule has 0 radical (unpaired) electrons. The minimum absolute atomic E-state index is 1.39. The Morgan fingerprint density at radius 1 is 0.556 bits per heavy atom. The molecule has 1 aliphatic heterocycles. The summed E-state index contributed by atoms with van der Waals surface area (Å²) in [7, 11) is 0. The zero-order valence-electron chi connectivity index (χ0n) is 9.66. The molecule has 0 aliphatic carbocycles. The molecule has 0 amide bonds. The fourth-order valence-electron chi connectivity index (χ4n) is 0.782. The van der Waals surface area contributed by atoms with Gasteiger partial charge in [0.05, 0.1) is 12.5 Å². The molecule has 0 aromatic carbocycles. The van der Waals surface area contributed by atoms with Gasteiger partial charge in [-0.05, 0) is 18.2 Å². The van der Waals surface area contributed by atoms with Crippen LogP contribution in [0.3, 0.4) is 0 Å². The van der Waals surface area contributed by atoms with Gasteiger partial charge in [0.2, 0.25) is 0 Å². The molecule has 0 N–H and O–H groups in total. The van der Waals surface area contributed by atoms with Crippen molar-refractivity contribution in [3.63, 3.8) is 0 Å². The van der Waals surface area contributed by atoms with E-state index in [4.69, 9.17) is 9.47 Å². The molecule has 5 nitrogen and oxygen atoms in total. The second kappa shape index (κ2) is 10.8. The Morgan fingerprint density at radius 2 is 1.39 bits per heavy atom. The van der Waals surface area contributed by atoms with Gasteiger partial charge in [-0.1, -0.05) is 6.08 Å². The van der Waals surface area contributed by atoms with Gasteiger partial charge in [0.1, 0.15) is 25.1 Å². The fraction of sp³-hybridized carbons (Fsp3) is 0. The molecule has 0 aromatic rings. The summed E-state index contributed by atoms with van der Waals surface area (Å²) in [5.41, 5.74) is 0. The second-order valence-corrected chi connectivity index (χ2v) is 2.75. The first-order valence-electron chi connectivity index (χ1n) is 5.16. The number of hydrogen-bond donors (Lipinski definition) is 0. The maximum atomic E-state index is 4.99. The van der Waals surface area contributed by atoms with Crippen LogP contribution in [0.15, 0.2) is 76.7 Å². The minimum Gasteiger partial charge on any atom is -0.469 e. The Balaban J connectivity index is 2.58. The van der Waals surface area contributed by atoms with Gasteiger partial charge in [-0.15, -0.1) is 0 Å². The summed E-state index contributed by atoms with van der Waals surface area (Å²) >= 11 is 0. The predicted octanol–water partition coefficient (Wildman–Crippen LogP) is 2.73. The summed E-state index contributed by atoms with van der Waals surface area (Å²) in [5.74, 6) is 0. The van der Waals surface area contributed by atoms with Crippen molar-refractivity contribution in [2.45, 2.75) is 0 Å². The Morgan fingerprint density at radius 3 is 2.33 bits per heavy atom. The van der Waals surface area contributed by atoms with Gasteiger partial charge in [0.15, 0.2) is 0 Å². The molecule has 18 heavy (non-hydrogen) atoms. The van der Waals surface area contributed by atoms with Crippen molar-refractivity contribution in [1.29, 1.82) is 0 Å². The quantitative estimate of drug-likeness (QED) is 0.656. The van der Waals surface area contributed by atoms with Crippen LogP contribution in [0.5, 0.6) is 0 Å². The molecule has 0 fully saturated rings. The van der Waals surface area contributed by atoms with E-state index in [-0.39, 0.29) is 0 Å². The van der Waals surface area contributed by atoms with Crippen LogP contribution in [0.1, 0.15) is 0 Å². The first-order valence-corrected chi connectivity index (χ1v) is 5.16. The minimum atomic E-state index is 1.39. The summed E-state index contributed by atoms with van der Waals surface area (Å²) in [5, 5.41) is 0. The van der Waals surface area contributed by atoms with Crippen molar-refractivity contribution in [1.82, 2.24) is 0 Å². The molecule has 0 spiro atoms. The highest BCUT2D eigenvalue weighted by Crippen LogP contribution is 1.86. The number of rotatable bonds is 0. The van der Waals surface area contributed by atoms with E-state index < -0.39 is 0 Å². The van der Waals surface area contributed by atoms with Gasteiger partial charge in [0.25, 0.3) is 0 Å². The molecular formula is C13H13N3O2. The van der Waals surface area contributed by atoms with Gasteiger partial charge in [-0.3, -0.25) is 4.99 Å². The molecule has 0 aromatic heterocycles. The first kappa shape index (κ1) is 13.4. The van der Waals surface area contributed by atoms with E-state index in [1.807, 2.05) is 0 Å². The van der Waals surface area contributed by atoms with Crippen molar-refractivity contribution in [2.24, 2.45) is 15.0 Å². The highest BCUT2D eigenvalue weighted by molar-refractivity contribution is 5.80. The van der Waals surface area contributed by atoms with Crippen LogP contribution in [-0.4, -0.2) is 18.8 Å². The molecule has 1 heterocycles. The Bertz CT molecular complexity index is 401.